The summed E-state index contributed by atoms with van der Waals surface area (Å²) >= 11 is 0. The minimum Gasteiger partial charge on any atom is -0.481 e. The van der Waals surface area contributed by atoms with Gasteiger partial charge in [0.1, 0.15) is 5.82 Å². The SMILES string of the molecule is Cc1[nH]c(CCC(=O)O)nc1C(F)(F)F. The molecule has 0 amide bonds. The molecule has 0 fully saturated rings. The Morgan fingerprint density at radius 2 is 2.13 bits per heavy atom. The van der Waals surface area contributed by atoms with Gasteiger partial charge in [-0.25, -0.2) is 4.98 Å². The van der Waals surface area contributed by atoms with Gasteiger partial charge in [0.2, 0.25) is 0 Å². The minimum atomic E-state index is -4.50. The van der Waals surface area contributed by atoms with Crippen LogP contribution in [0.2, 0.25) is 0 Å². The van der Waals surface area contributed by atoms with Crippen LogP contribution in [-0.4, -0.2) is 21.0 Å². The van der Waals surface area contributed by atoms with Crippen LogP contribution in [0.3, 0.4) is 0 Å². The summed E-state index contributed by atoms with van der Waals surface area (Å²) in [5.41, 5.74) is -1.08. The van der Waals surface area contributed by atoms with Crippen LogP contribution in [0.15, 0.2) is 0 Å². The van der Waals surface area contributed by atoms with Gasteiger partial charge in [0.15, 0.2) is 5.69 Å². The van der Waals surface area contributed by atoms with Crippen molar-refractivity contribution in [2.75, 3.05) is 0 Å². The van der Waals surface area contributed by atoms with Crippen LogP contribution in [0.4, 0.5) is 13.2 Å². The highest BCUT2D eigenvalue weighted by atomic mass is 19.4. The second-order valence-corrected chi connectivity index (χ2v) is 3.05. The normalized spacial score (nSPS) is 11.7. The van der Waals surface area contributed by atoms with Crippen LogP contribution in [0, 0.1) is 6.92 Å². The molecule has 1 rings (SSSR count). The predicted molar refractivity (Wildman–Crippen MR) is 44.3 cm³/mol. The maximum atomic E-state index is 12.3. The Labute approximate surface area is 83.1 Å². The van der Waals surface area contributed by atoms with Crippen molar-refractivity contribution in [1.29, 1.82) is 0 Å². The average molecular weight is 222 g/mol. The van der Waals surface area contributed by atoms with Gasteiger partial charge in [-0.1, -0.05) is 0 Å². The molecule has 1 heterocycles. The largest absolute Gasteiger partial charge is 0.481 e. The number of aryl methyl sites for hydroxylation is 2. The quantitative estimate of drug-likeness (QED) is 0.818. The molecule has 0 unspecified atom stereocenters. The van der Waals surface area contributed by atoms with Crippen molar-refractivity contribution >= 4 is 5.97 Å². The Hall–Kier alpha value is -1.53. The topological polar surface area (TPSA) is 66.0 Å². The molecule has 0 bridgehead atoms. The molecule has 0 aliphatic carbocycles. The van der Waals surface area contributed by atoms with Crippen molar-refractivity contribution in [3.8, 4) is 0 Å². The van der Waals surface area contributed by atoms with Crippen molar-refractivity contribution in [2.24, 2.45) is 0 Å². The lowest BCUT2D eigenvalue weighted by atomic mass is 10.3. The summed E-state index contributed by atoms with van der Waals surface area (Å²) in [6.07, 6.45) is -4.78. The number of rotatable bonds is 3. The molecule has 0 radical (unpaired) electrons. The lowest BCUT2D eigenvalue weighted by Crippen LogP contribution is -2.07. The number of aromatic amines is 1. The number of carboxylic acid groups (broad SMARTS) is 1. The number of nitrogens with one attached hydrogen (secondary N) is 1. The first-order valence-electron chi connectivity index (χ1n) is 4.15. The number of halogens is 3. The van der Waals surface area contributed by atoms with Crippen LogP contribution in [0.5, 0.6) is 0 Å². The second-order valence-electron chi connectivity index (χ2n) is 3.05. The lowest BCUT2D eigenvalue weighted by Gasteiger charge is -2.01. The Kier molecular flexibility index (Phi) is 3.01. The van der Waals surface area contributed by atoms with Crippen LogP contribution in [0.25, 0.3) is 0 Å². The molecule has 0 saturated heterocycles. The van der Waals surface area contributed by atoms with E-state index in [2.05, 4.69) is 9.97 Å². The minimum absolute atomic E-state index is 0.0355. The summed E-state index contributed by atoms with van der Waals surface area (Å²) in [5, 5.41) is 8.35. The van der Waals surface area contributed by atoms with Gasteiger partial charge in [-0.05, 0) is 6.92 Å². The highest BCUT2D eigenvalue weighted by Gasteiger charge is 2.35. The third kappa shape index (κ3) is 2.97. The molecule has 7 heteroatoms. The fraction of sp³-hybridized carbons (Fsp3) is 0.500. The number of carbonyl (C=O) groups is 1. The van der Waals surface area contributed by atoms with E-state index in [4.69, 9.17) is 5.11 Å². The van der Waals surface area contributed by atoms with E-state index >= 15 is 0 Å². The van der Waals surface area contributed by atoms with E-state index in [0.29, 0.717) is 0 Å². The molecule has 1 aromatic rings. The zero-order valence-corrected chi connectivity index (χ0v) is 7.85. The molecule has 1 aromatic heterocycles. The smallest absolute Gasteiger partial charge is 0.435 e. The zero-order chi connectivity index (χ0) is 11.6. The number of hydrogen-bond donors (Lipinski definition) is 2. The number of carboxylic acids is 1. The summed E-state index contributed by atoms with van der Waals surface area (Å²) in [5.74, 6) is -1.03. The van der Waals surface area contributed by atoms with E-state index in [0.717, 1.165) is 0 Å². The second kappa shape index (κ2) is 3.92. The van der Waals surface area contributed by atoms with E-state index in [1.54, 1.807) is 0 Å². The zero-order valence-electron chi connectivity index (χ0n) is 7.85. The van der Waals surface area contributed by atoms with E-state index < -0.39 is 17.8 Å². The molecule has 4 nitrogen and oxygen atoms in total. The van der Waals surface area contributed by atoms with Crippen molar-refractivity contribution in [3.05, 3.63) is 17.2 Å². The molecule has 0 aliphatic heterocycles. The number of nitrogens with zero attached hydrogens (tertiary/aromatic N) is 1. The summed E-state index contributed by atoms with van der Waals surface area (Å²) in [4.78, 5) is 15.9. The molecule has 84 valence electrons. The third-order valence-corrected chi connectivity index (χ3v) is 1.78. The van der Waals surface area contributed by atoms with Gasteiger partial charge in [0.25, 0.3) is 0 Å². The first-order chi connectivity index (χ1) is 6.80. The fourth-order valence-electron chi connectivity index (χ4n) is 1.14. The van der Waals surface area contributed by atoms with Crippen LogP contribution < -0.4 is 0 Å². The van der Waals surface area contributed by atoms with Gasteiger partial charge in [0.05, 0.1) is 6.42 Å². The molecule has 0 saturated carbocycles. The van der Waals surface area contributed by atoms with Gasteiger partial charge < -0.3 is 10.1 Å². The van der Waals surface area contributed by atoms with E-state index in [1.807, 2.05) is 0 Å². The van der Waals surface area contributed by atoms with Gasteiger partial charge in [0, 0.05) is 12.1 Å². The third-order valence-electron chi connectivity index (χ3n) is 1.78. The maximum Gasteiger partial charge on any atom is 0.435 e. The first-order valence-corrected chi connectivity index (χ1v) is 4.15. The monoisotopic (exact) mass is 222 g/mol. The molecule has 0 aromatic carbocycles. The van der Waals surface area contributed by atoms with Crippen molar-refractivity contribution in [3.63, 3.8) is 0 Å². The number of alkyl halides is 3. The molecule has 15 heavy (non-hydrogen) atoms. The molecule has 0 aliphatic rings. The Bertz CT molecular complexity index is 370. The first kappa shape index (κ1) is 11.5. The van der Waals surface area contributed by atoms with Crippen LogP contribution >= 0.6 is 0 Å². The molecule has 0 spiro atoms. The van der Waals surface area contributed by atoms with Gasteiger partial charge in [-0.3, -0.25) is 4.79 Å². The van der Waals surface area contributed by atoms with E-state index in [-0.39, 0.29) is 24.4 Å². The predicted octanol–water partition coefficient (Wildman–Crippen LogP) is 1.75. The standard InChI is InChI=1S/C8H9F3N2O2/c1-4-7(8(9,10)11)13-5(12-4)2-3-6(14)15/h2-3H2,1H3,(H,12,13)(H,14,15). The maximum absolute atomic E-state index is 12.3. The van der Waals surface area contributed by atoms with Gasteiger partial charge >= 0.3 is 12.1 Å². The van der Waals surface area contributed by atoms with Crippen LogP contribution in [-0.2, 0) is 17.4 Å². The van der Waals surface area contributed by atoms with Gasteiger partial charge in [-0.2, -0.15) is 13.2 Å². The van der Waals surface area contributed by atoms with Gasteiger partial charge in [-0.15, -0.1) is 0 Å². The molecule has 2 N–H and O–H groups in total. The lowest BCUT2D eigenvalue weighted by molar-refractivity contribution is -0.141. The van der Waals surface area contributed by atoms with Crippen molar-refractivity contribution < 1.29 is 23.1 Å². The number of hydrogen-bond acceptors (Lipinski definition) is 2. The average Bonchev–Trinajstić information content (AvgIpc) is 2.42. The summed E-state index contributed by atoms with van der Waals surface area (Å²) in [7, 11) is 0. The fourth-order valence-corrected chi connectivity index (χ4v) is 1.14. The summed E-state index contributed by atoms with van der Waals surface area (Å²) < 4.78 is 36.8. The van der Waals surface area contributed by atoms with E-state index in [1.165, 1.54) is 6.92 Å². The highest BCUT2D eigenvalue weighted by molar-refractivity contribution is 5.66. The summed E-state index contributed by atoms with van der Waals surface area (Å²) in [6, 6.07) is 0. The van der Waals surface area contributed by atoms with E-state index in [9.17, 15) is 18.0 Å². The van der Waals surface area contributed by atoms with Crippen molar-refractivity contribution in [1.82, 2.24) is 9.97 Å². The number of imidazole rings is 1. The molecular weight excluding hydrogens is 213 g/mol. The summed E-state index contributed by atoms with van der Waals surface area (Å²) in [6.45, 7) is 1.25. The highest BCUT2D eigenvalue weighted by Crippen LogP contribution is 2.30. The number of aromatic nitrogens is 2. The Balaban J connectivity index is 2.82. The number of H-pyrrole nitrogens is 1. The van der Waals surface area contributed by atoms with Crippen LogP contribution in [0.1, 0.15) is 23.6 Å². The Morgan fingerprint density at radius 1 is 1.53 bits per heavy atom. The molecule has 0 atom stereocenters. The molecular formula is C8H9F3N2O2. The van der Waals surface area contributed by atoms with Crippen molar-refractivity contribution in [2.45, 2.75) is 25.9 Å². The Morgan fingerprint density at radius 3 is 2.53 bits per heavy atom. The number of aliphatic carboxylic acids is 1.